The number of hydrogen-bond donors (Lipinski definition) is 0. The van der Waals surface area contributed by atoms with Gasteiger partial charge >= 0.3 is 0 Å². The van der Waals surface area contributed by atoms with Gasteiger partial charge < -0.3 is 4.42 Å². The second-order valence-electron chi connectivity index (χ2n) is 7.82. The van der Waals surface area contributed by atoms with Crippen LogP contribution in [0.5, 0.6) is 0 Å². The van der Waals surface area contributed by atoms with Crippen LogP contribution < -0.4 is 0 Å². The van der Waals surface area contributed by atoms with Crippen molar-refractivity contribution in [1.82, 2.24) is 0 Å². The first-order valence-electron chi connectivity index (χ1n) is 11.1. The highest BCUT2D eigenvalue weighted by atomic mass is 16.3. The minimum Gasteiger partial charge on any atom is -0.457 e. The largest absolute Gasteiger partial charge is 0.457 e. The van der Waals surface area contributed by atoms with Gasteiger partial charge in [-0.2, -0.15) is 0 Å². The first kappa shape index (κ1) is 20.5. The van der Waals surface area contributed by atoms with Crippen LogP contribution in [0.4, 0.5) is 0 Å². The molecule has 0 radical (unpaired) electrons. The third kappa shape index (κ3) is 4.94. The zero-order valence-electron chi connectivity index (χ0n) is 18.3. The Kier molecular flexibility index (Phi) is 6.13. The molecule has 1 nitrogen and oxygen atoms in total. The molecule has 33 heavy (non-hydrogen) atoms. The normalized spacial score (nSPS) is 10.4. The number of hydrogen-bond acceptors (Lipinski definition) is 1. The quantitative estimate of drug-likeness (QED) is 0.266. The SMILES string of the molecule is C(=C(c1ccccc1)c1ccccc1)c1ccc(C=C(c2ccccc2)c2ccccc2)o1. The Morgan fingerprint density at radius 2 is 0.636 bits per heavy atom. The number of rotatable bonds is 6. The van der Waals surface area contributed by atoms with Gasteiger partial charge in [-0.1, -0.05) is 121 Å². The molecule has 1 aromatic heterocycles. The van der Waals surface area contributed by atoms with Crippen LogP contribution in [0.15, 0.2) is 138 Å². The van der Waals surface area contributed by atoms with E-state index in [4.69, 9.17) is 4.42 Å². The summed E-state index contributed by atoms with van der Waals surface area (Å²) in [7, 11) is 0. The predicted molar refractivity (Wildman–Crippen MR) is 138 cm³/mol. The van der Waals surface area contributed by atoms with Gasteiger partial charge in [-0.05, 0) is 57.7 Å². The van der Waals surface area contributed by atoms with E-state index in [2.05, 4.69) is 109 Å². The Bertz CT molecular complexity index is 1170. The van der Waals surface area contributed by atoms with Gasteiger partial charge in [0, 0.05) is 0 Å². The van der Waals surface area contributed by atoms with E-state index in [0.29, 0.717) is 0 Å². The summed E-state index contributed by atoms with van der Waals surface area (Å²) in [6.45, 7) is 0. The molecule has 0 saturated carbocycles. The lowest BCUT2D eigenvalue weighted by Gasteiger charge is -2.08. The molecule has 0 fully saturated rings. The summed E-state index contributed by atoms with van der Waals surface area (Å²) in [5.74, 6) is 1.65. The summed E-state index contributed by atoms with van der Waals surface area (Å²) in [4.78, 5) is 0. The van der Waals surface area contributed by atoms with Crippen molar-refractivity contribution in [2.75, 3.05) is 0 Å². The molecule has 0 amide bonds. The standard InChI is InChI=1S/C32H24O/c1-5-13-25(14-6-1)31(26-15-7-2-8-16-26)23-29-21-22-30(33-29)24-32(27-17-9-3-10-18-27)28-19-11-4-12-20-28/h1-24H. The van der Waals surface area contributed by atoms with Gasteiger partial charge in [-0.25, -0.2) is 0 Å². The van der Waals surface area contributed by atoms with Gasteiger partial charge in [-0.3, -0.25) is 0 Å². The molecule has 0 unspecified atom stereocenters. The summed E-state index contributed by atoms with van der Waals surface area (Å²) >= 11 is 0. The third-order valence-electron chi connectivity index (χ3n) is 5.56. The van der Waals surface area contributed by atoms with E-state index in [-0.39, 0.29) is 0 Å². The fourth-order valence-electron chi connectivity index (χ4n) is 3.95. The number of benzene rings is 4. The van der Waals surface area contributed by atoms with Crippen LogP contribution in [0.1, 0.15) is 33.8 Å². The lowest BCUT2D eigenvalue weighted by atomic mass is 9.97. The maximum atomic E-state index is 6.28. The Labute approximate surface area is 195 Å². The zero-order chi connectivity index (χ0) is 22.3. The van der Waals surface area contributed by atoms with E-state index in [1.807, 2.05) is 36.4 Å². The minimum atomic E-state index is 0.824. The summed E-state index contributed by atoms with van der Waals surface area (Å²) in [6.07, 6.45) is 4.24. The van der Waals surface area contributed by atoms with Crippen LogP contribution in [-0.2, 0) is 0 Å². The van der Waals surface area contributed by atoms with Crippen molar-refractivity contribution in [2.45, 2.75) is 0 Å². The van der Waals surface area contributed by atoms with Gasteiger partial charge in [0.25, 0.3) is 0 Å². The molecule has 0 bridgehead atoms. The Morgan fingerprint density at radius 3 is 0.909 bits per heavy atom. The van der Waals surface area contributed by atoms with Crippen molar-refractivity contribution in [2.24, 2.45) is 0 Å². The minimum absolute atomic E-state index is 0.824. The van der Waals surface area contributed by atoms with E-state index < -0.39 is 0 Å². The van der Waals surface area contributed by atoms with Gasteiger partial charge in [0.1, 0.15) is 11.5 Å². The highest BCUT2D eigenvalue weighted by Gasteiger charge is 2.09. The fourth-order valence-corrected chi connectivity index (χ4v) is 3.95. The molecule has 0 aliphatic heterocycles. The van der Waals surface area contributed by atoms with Crippen molar-refractivity contribution in [3.05, 3.63) is 167 Å². The monoisotopic (exact) mass is 424 g/mol. The molecule has 158 valence electrons. The highest BCUT2D eigenvalue weighted by Crippen LogP contribution is 2.29. The Hall–Kier alpha value is -4.36. The van der Waals surface area contributed by atoms with Crippen LogP contribution in [-0.4, -0.2) is 0 Å². The van der Waals surface area contributed by atoms with Crippen molar-refractivity contribution >= 4 is 23.3 Å². The molecule has 0 N–H and O–H groups in total. The molecule has 0 spiro atoms. The molecule has 4 aromatic carbocycles. The molecular formula is C32H24O. The van der Waals surface area contributed by atoms with E-state index in [1.54, 1.807) is 0 Å². The van der Waals surface area contributed by atoms with Crippen LogP contribution in [0.25, 0.3) is 23.3 Å². The van der Waals surface area contributed by atoms with Gasteiger partial charge in [-0.15, -0.1) is 0 Å². The van der Waals surface area contributed by atoms with Crippen LogP contribution in [0.2, 0.25) is 0 Å². The van der Waals surface area contributed by atoms with Gasteiger partial charge in [0.05, 0.1) is 0 Å². The van der Waals surface area contributed by atoms with Crippen molar-refractivity contribution in [3.63, 3.8) is 0 Å². The molecular weight excluding hydrogens is 400 g/mol. The zero-order valence-corrected chi connectivity index (χ0v) is 18.3. The van der Waals surface area contributed by atoms with Crippen LogP contribution >= 0.6 is 0 Å². The Morgan fingerprint density at radius 1 is 0.364 bits per heavy atom. The molecule has 1 heterocycles. The second kappa shape index (κ2) is 9.84. The van der Waals surface area contributed by atoms with Crippen molar-refractivity contribution in [3.8, 4) is 0 Å². The first-order valence-corrected chi connectivity index (χ1v) is 11.1. The van der Waals surface area contributed by atoms with Crippen molar-refractivity contribution in [1.29, 1.82) is 0 Å². The lowest BCUT2D eigenvalue weighted by molar-refractivity contribution is 0.547. The second-order valence-corrected chi connectivity index (χ2v) is 7.82. The van der Waals surface area contributed by atoms with E-state index in [0.717, 1.165) is 44.9 Å². The molecule has 5 rings (SSSR count). The maximum absolute atomic E-state index is 6.28. The fraction of sp³-hybridized carbons (Fsp3) is 0. The summed E-state index contributed by atoms with van der Waals surface area (Å²) < 4.78 is 6.28. The molecule has 5 aromatic rings. The van der Waals surface area contributed by atoms with Gasteiger partial charge in [0.2, 0.25) is 0 Å². The lowest BCUT2D eigenvalue weighted by Crippen LogP contribution is -1.87. The van der Waals surface area contributed by atoms with E-state index in [1.165, 1.54) is 0 Å². The third-order valence-corrected chi connectivity index (χ3v) is 5.56. The summed E-state index contributed by atoms with van der Waals surface area (Å²) in [5.41, 5.74) is 6.90. The molecule has 0 saturated heterocycles. The number of furan rings is 1. The Balaban J connectivity index is 1.56. The molecule has 0 atom stereocenters. The summed E-state index contributed by atoms with van der Waals surface area (Å²) in [5, 5.41) is 0. The predicted octanol–water partition coefficient (Wildman–Crippen LogP) is 8.46. The molecule has 1 heteroatoms. The van der Waals surface area contributed by atoms with E-state index >= 15 is 0 Å². The summed E-state index contributed by atoms with van der Waals surface area (Å²) in [6, 6.07) is 45.8. The topological polar surface area (TPSA) is 13.1 Å². The average Bonchev–Trinajstić information content (AvgIpc) is 3.35. The molecule has 0 aliphatic rings. The van der Waals surface area contributed by atoms with Gasteiger partial charge in [0.15, 0.2) is 0 Å². The first-order chi connectivity index (χ1) is 16.4. The maximum Gasteiger partial charge on any atom is 0.128 e. The molecule has 0 aliphatic carbocycles. The van der Waals surface area contributed by atoms with Crippen molar-refractivity contribution < 1.29 is 4.42 Å². The van der Waals surface area contributed by atoms with Crippen LogP contribution in [0, 0.1) is 0 Å². The average molecular weight is 425 g/mol. The van der Waals surface area contributed by atoms with E-state index in [9.17, 15) is 0 Å². The van der Waals surface area contributed by atoms with Crippen LogP contribution in [0.3, 0.4) is 0 Å². The smallest absolute Gasteiger partial charge is 0.128 e. The highest BCUT2D eigenvalue weighted by molar-refractivity contribution is 5.92.